The Morgan fingerprint density at radius 1 is 1.20 bits per heavy atom. The van der Waals surface area contributed by atoms with Gasteiger partial charge >= 0.3 is 0 Å². The van der Waals surface area contributed by atoms with Gasteiger partial charge in [0.25, 0.3) is 0 Å². The SMILES string of the molecule is CN1CCCCC1CNC1CCNCC1. The summed E-state index contributed by atoms with van der Waals surface area (Å²) in [6.07, 6.45) is 6.80. The second kappa shape index (κ2) is 5.83. The molecule has 0 saturated carbocycles. The molecule has 15 heavy (non-hydrogen) atoms. The molecular weight excluding hydrogens is 186 g/mol. The Labute approximate surface area is 93.6 Å². The lowest BCUT2D eigenvalue weighted by molar-refractivity contribution is 0.175. The van der Waals surface area contributed by atoms with Crippen LogP contribution in [0, 0.1) is 0 Å². The van der Waals surface area contributed by atoms with E-state index in [2.05, 4.69) is 22.6 Å². The van der Waals surface area contributed by atoms with Crippen LogP contribution in [0.2, 0.25) is 0 Å². The number of hydrogen-bond donors (Lipinski definition) is 2. The van der Waals surface area contributed by atoms with E-state index < -0.39 is 0 Å². The highest BCUT2D eigenvalue weighted by Crippen LogP contribution is 2.14. The monoisotopic (exact) mass is 211 g/mol. The van der Waals surface area contributed by atoms with Gasteiger partial charge in [-0.25, -0.2) is 0 Å². The molecule has 3 nitrogen and oxygen atoms in total. The van der Waals surface area contributed by atoms with Crippen molar-refractivity contribution in [2.75, 3.05) is 33.2 Å². The van der Waals surface area contributed by atoms with E-state index in [4.69, 9.17) is 0 Å². The van der Waals surface area contributed by atoms with Crippen molar-refractivity contribution < 1.29 is 0 Å². The lowest BCUT2D eigenvalue weighted by atomic mass is 10.0. The first-order valence-corrected chi connectivity index (χ1v) is 6.50. The number of rotatable bonds is 3. The first-order valence-electron chi connectivity index (χ1n) is 6.50. The van der Waals surface area contributed by atoms with Gasteiger partial charge in [-0.2, -0.15) is 0 Å². The van der Waals surface area contributed by atoms with Crippen LogP contribution in [0.1, 0.15) is 32.1 Å². The van der Waals surface area contributed by atoms with Crippen molar-refractivity contribution in [1.82, 2.24) is 15.5 Å². The summed E-state index contributed by atoms with van der Waals surface area (Å²) in [6, 6.07) is 1.55. The Bertz CT molecular complexity index is 178. The van der Waals surface area contributed by atoms with Gasteiger partial charge in [-0.15, -0.1) is 0 Å². The van der Waals surface area contributed by atoms with Gasteiger partial charge in [0.05, 0.1) is 0 Å². The molecule has 3 heteroatoms. The highest BCUT2D eigenvalue weighted by atomic mass is 15.2. The average Bonchev–Trinajstić information content (AvgIpc) is 2.29. The summed E-state index contributed by atoms with van der Waals surface area (Å²) >= 11 is 0. The van der Waals surface area contributed by atoms with Crippen LogP contribution in [-0.2, 0) is 0 Å². The molecule has 0 aromatic heterocycles. The molecule has 0 aromatic rings. The molecule has 1 unspecified atom stereocenters. The molecule has 0 amide bonds. The fraction of sp³-hybridized carbons (Fsp3) is 1.00. The van der Waals surface area contributed by atoms with Gasteiger partial charge in [0.1, 0.15) is 0 Å². The maximum absolute atomic E-state index is 3.74. The van der Waals surface area contributed by atoms with Crippen LogP contribution in [-0.4, -0.2) is 50.2 Å². The third-order valence-corrected chi connectivity index (χ3v) is 3.90. The van der Waals surface area contributed by atoms with Gasteiger partial charge in [0, 0.05) is 18.6 Å². The molecule has 2 N–H and O–H groups in total. The van der Waals surface area contributed by atoms with Crippen LogP contribution < -0.4 is 10.6 Å². The van der Waals surface area contributed by atoms with Gasteiger partial charge in [0.2, 0.25) is 0 Å². The minimum absolute atomic E-state index is 0.765. The topological polar surface area (TPSA) is 27.3 Å². The van der Waals surface area contributed by atoms with Crippen molar-refractivity contribution in [3.05, 3.63) is 0 Å². The van der Waals surface area contributed by atoms with Crippen LogP contribution in [0.15, 0.2) is 0 Å². The van der Waals surface area contributed by atoms with Crippen LogP contribution in [0.4, 0.5) is 0 Å². The maximum atomic E-state index is 3.74. The molecule has 2 rings (SSSR count). The maximum Gasteiger partial charge on any atom is 0.0217 e. The lowest BCUT2D eigenvalue weighted by Crippen LogP contribution is -2.48. The van der Waals surface area contributed by atoms with Gasteiger partial charge < -0.3 is 15.5 Å². The highest BCUT2D eigenvalue weighted by Gasteiger charge is 2.20. The number of piperidine rings is 2. The molecular formula is C12H25N3. The van der Waals surface area contributed by atoms with Gasteiger partial charge in [0.15, 0.2) is 0 Å². The Morgan fingerprint density at radius 3 is 2.73 bits per heavy atom. The molecule has 2 saturated heterocycles. The van der Waals surface area contributed by atoms with Crippen molar-refractivity contribution in [3.63, 3.8) is 0 Å². The number of nitrogens with one attached hydrogen (secondary N) is 2. The number of hydrogen-bond acceptors (Lipinski definition) is 3. The zero-order chi connectivity index (χ0) is 10.5. The van der Waals surface area contributed by atoms with E-state index in [1.165, 1.54) is 58.3 Å². The molecule has 1 atom stereocenters. The second-order valence-electron chi connectivity index (χ2n) is 5.06. The van der Waals surface area contributed by atoms with Crippen LogP contribution >= 0.6 is 0 Å². The summed E-state index contributed by atoms with van der Waals surface area (Å²) in [5.74, 6) is 0. The standard InChI is InChI=1S/C12H25N3/c1-15-9-3-2-4-12(15)10-14-11-5-7-13-8-6-11/h11-14H,2-10H2,1H3. The second-order valence-corrected chi connectivity index (χ2v) is 5.06. The first kappa shape index (κ1) is 11.4. The number of likely N-dealkylation sites (tertiary alicyclic amines) is 1. The van der Waals surface area contributed by atoms with Crippen molar-refractivity contribution >= 4 is 0 Å². The quantitative estimate of drug-likeness (QED) is 0.723. The molecule has 0 aliphatic carbocycles. The summed E-state index contributed by atoms with van der Waals surface area (Å²) in [6.45, 7) is 4.87. The molecule has 0 aromatic carbocycles. The van der Waals surface area contributed by atoms with Gasteiger partial charge in [-0.05, 0) is 52.4 Å². The molecule has 2 fully saturated rings. The van der Waals surface area contributed by atoms with Crippen molar-refractivity contribution in [2.24, 2.45) is 0 Å². The van der Waals surface area contributed by atoms with E-state index >= 15 is 0 Å². The Morgan fingerprint density at radius 2 is 2.00 bits per heavy atom. The Hall–Kier alpha value is -0.120. The summed E-state index contributed by atoms with van der Waals surface area (Å²) in [5, 5.41) is 7.15. The number of nitrogens with zero attached hydrogens (tertiary/aromatic N) is 1. The van der Waals surface area contributed by atoms with E-state index in [-0.39, 0.29) is 0 Å². The fourth-order valence-corrected chi connectivity index (χ4v) is 2.73. The fourth-order valence-electron chi connectivity index (χ4n) is 2.73. The first-order chi connectivity index (χ1) is 7.36. The molecule has 2 heterocycles. The lowest BCUT2D eigenvalue weighted by Gasteiger charge is -2.34. The predicted molar refractivity (Wildman–Crippen MR) is 64.2 cm³/mol. The number of likely N-dealkylation sites (N-methyl/N-ethyl adjacent to an activating group) is 1. The van der Waals surface area contributed by atoms with Crippen molar-refractivity contribution in [3.8, 4) is 0 Å². The molecule has 88 valence electrons. The normalized spacial score (nSPS) is 30.6. The Balaban J connectivity index is 1.67. The van der Waals surface area contributed by atoms with Crippen LogP contribution in [0.25, 0.3) is 0 Å². The zero-order valence-electron chi connectivity index (χ0n) is 9.97. The summed E-state index contributed by atoms with van der Waals surface area (Å²) < 4.78 is 0. The zero-order valence-corrected chi connectivity index (χ0v) is 9.97. The summed E-state index contributed by atoms with van der Waals surface area (Å²) in [7, 11) is 2.27. The van der Waals surface area contributed by atoms with E-state index in [1.54, 1.807) is 0 Å². The molecule has 0 spiro atoms. The van der Waals surface area contributed by atoms with E-state index in [0.717, 1.165) is 12.1 Å². The molecule has 0 bridgehead atoms. The molecule has 0 radical (unpaired) electrons. The average molecular weight is 211 g/mol. The molecule has 2 aliphatic rings. The minimum atomic E-state index is 0.765. The van der Waals surface area contributed by atoms with Gasteiger partial charge in [-0.1, -0.05) is 6.42 Å². The van der Waals surface area contributed by atoms with E-state index in [1.807, 2.05) is 0 Å². The largest absolute Gasteiger partial charge is 0.317 e. The van der Waals surface area contributed by atoms with Crippen molar-refractivity contribution in [2.45, 2.75) is 44.2 Å². The van der Waals surface area contributed by atoms with Crippen LogP contribution in [0.3, 0.4) is 0 Å². The summed E-state index contributed by atoms with van der Waals surface area (Å²) in [4.78, 5) is 2.53. The summed E-state index contributed by atoms with van der Waals surface area (Å²) in [5.41, 5.74) is 0. The minimum Gasteiger partial charge on any atom is -0.317 e. The van der Waals surface area contributed by atoms with E-state index in [9.17, 15) is 0 Å². The predicted octanol–water partition coefficient (Wildman–Crippen LogP) is 0.812. The molecule has 2 aliphatic heterocycles. The third-order valence-electron chi connectivity index (χ3n) is 3.90. The Kier molecular flexibility index (Phi) is 4.42. The van der Waals surface area contributed by atoms with Gasteiger partial charge in [-0.3, -0.25) is 0 Å². The smallest absolute Gasteiger partial charge is 0.0217 e. The third kappa shape index (κ3) is 3.44. The van der Waals surface area contributed by atoms with Crippen LogP contribution in [0.5, 0.6) is 0 Å². The van der Waals surface area contributed by atoms with Crippen molar-refractivity contribution in [1.29, 1.82) is 0 Å². The van der Waals surface area contributed by atoms with E-state index in [0.29, 0.717) is 0 Å². The highest BCUT2D eigenvalue weighted by molar-refractivity contribution is 4.80.